The second-order valence-corrected chi connectivity index (χ2v) is 10.6. The van der Waals surface area contributed by atoms with Gasteiger partial charge in [-0.1, -0.05) is 56.0 Å². The van der Waals surface area contributed by atoms with Crippen molar-refractivity contribution in [2.45, 2.75) is 13.3 Å². The lowest BCUT2D eigenvalue weighted by molar-refractivity contribution is -0.141. The first-order valence-corrected chi connectivity index (χ1v) is 15.2. The van der Waals surface area contributed by atoms with Gasteiger partial charge in [-0.25, -0.2) is 9.59 Å². The molecule has 48 heavy (non-hydrogen) atoms. The molecule has 0 bridgehead atoms. The number of benzene rings is 4. The maximum absolute atomic E-state index is 12.7. The molecule has 0 aliphatic carbocycles. The number of rotatable bonds is 14. The summed E-state index contributed by atoms with van der Waals surface area (Å²) < 4.78 is 34.0. The number of halogens is 1. The van der Waals surface area contributed by atoms with Crippen LogP contribution in [0.3, 0.4) is 0 Å². The van der Waals surface area contributed by atoms with Crippen molar-refractivity contribution < 1.29 is 42.5 Å². The topological polar surface area (TPSA) is 108 Å². The molecule has 0 N–H and O–H groups in total. The first kappa shape index (κ1) is 33.3. The van der Waals surface area contributed by atoms with E-state index in [2.05, 4.69) is 30.4 Å². The Morgan fingerprint density at radius 2 is 1.27 bits per heavy atom. The molecule has 10 heteroatoms. The molecule has 9 nitrogen and oxygen atoms in total. The summed E-state index contributed by atoms with van der Waals surface area (Å²) in [6.07, 6.45) is 3.31. The van der Waals surface area contributed by atoms with Gasteiger partial charge in [0.25, 0.3) is 11.8 Å². The molecule has 0 unspecified atom stereocenters. The Morgan fingerprint density at radius 3 is 1.90 bits per heavy atom. The first-order chi connectivity index (χ1) is 23.2. The molecule has 4 aromatic carbocycles. The number of hydrogen-bond donors (Lipinski definition) is 0. The summed E-state index contributed by atoms with van der Waals surface area (Å²) in [6, 6.07) is 27.5. The van der Waals surface area contributed by atoms with Gasteiger partial charge >= 0.3 is 11.9 Å². The molecule has 0 aromatic heterocycles. The zero-order valence-electron chi connectivity index (χ0n) is 26.1. The van der Waals surface area contributed by atoms with Crippen LogP contribution >= 0.6 is 0 Å². The standard InChI is InChI=1S/C38H32FNO8/c1-3-26-24-33(45-21-20-40-35(41)18-19-36(40)42)16-17-34(26)29-6-4-27(5-7-29)28-8-14-32(15-9-28)48-38(44)30-10-12-31(13-11-30)46-22-23-47-37(43)25(2)39/h4-19,24H,2-3,20-23H2,1H3. The number of esters is 2. The van der Waals surface area contributed by atoms with E-state index in [1.807, 2.05) is 42.5 Å². The van der Waals surface area contributed by atoms with Gasteiger partial charge < -0.3 is 18.9 Å². The van der Waals surface area contributed by atoms with E-state index in [-0.39, 0.29) is 38.2 Å². The predicted octanol–water partition coefficient (Wildman–Crippen LogP) is 6.51. The zero-order chi connectivity index (χ0) is 34.0. The van der Waals surface area contributed by atoms with Crippen LogP contribution in [0.15, 0.2) is 116 Å². The number of imide groups is 1. The summed E-state index contributed by atoms with van der Waals surface area (Å²) in [5.74, 6) is -2.00. The SMILES string of the molecule is C=C(F)C(=O)OCCOc1ccc(C(=O)Oc2ccc(-c3ccc(-c4ccc(OCCN5C(=O)C=CC5=O)cc4CC)cc3)cc2)cc1. The van der Waals surface area contributed by atoms with Gasteiger partial charge in [0.2, 0.25) is 5.83 Å². The van der Waals surface area contributed by atoms with E-state index in [0.717, 1.165) is 39.1 Å². The highest BCUT2D eigenvalue weighted by Gasteiger charge is 2.22. The fraction of sp³-hybridized carbons (Fsp3) is 0.158. The highest BCUT2D eigenvalue weighted by molar-refractivity contribution is 6.12. The van der Waals surface area contributed by atoms with Crippen molar-refractivity contribution in [3.8, 4) is 39.5 Å². The Bertz CT molecular complexity index is 1830. The van der Waals surface area contributed by atoms with Gasteiger partial charge in [0.1, 0.15) is 37.1 Å². The van der Waals surface area contributed by atoms with Crippen molar-refractivity contribution >= 4 is 23.8 Å². The Kier molecular flexibility index (Phi) is 10.8. The highest BCUT2D eigenvalue weighted by Crippen LogP contribution is 2.31. The van der Waals surface area contributed by atoms with E-state index < -0.39 is 17.8 Å². The minimum Gasteiger partial charge on any atom is -0.492 e. The Morgan fingerprint density at radius 1 is 0.708 bits per heavy atom. The number of nitrogens with zero attached hydrogens (tertiary/aromatic N) is 1. The van der Waals surface area contributed by atoms with Crippen LogP contribution in [-0.4, -0.2) is 55.0 Å². The quantitative estimate of drug-likeness (QED) is 0.0500. The maximum atomic E-state index is 12.7. The number of carbonyl (C=O) groups is 4. The van der Waals surface area contributed by atoms with Crippen LogP contribution in [-0.2, 0) is 25.5 Å². The fourth-order valence-electron chi connectivity index (χ4n) is 4.92. The van der Waals surface area contributed by atoms with E-state index in [9.17, 15) is 23.6 Å². The van der Waals surface area contributed by atoms with E-state index >= 15 is 0 Å². The average Bonchev–Trinajstić information content (AvgIpc) is 3.43. The molecule has 1 aliphatic rings. The molecule has 1 heterocycles. The van der Waals surface area contributed by atoms with Crippen LogP contribution in [0.2, 0.25) is 0 Å². The summed E-state index contributed by atoms with van der Waals surface area (Å²) in [6.45, 7) is 5.19. The second-order valence-electron chi connectivity index (χ2n) is 10.6. The first-order valence-electron chi connectivity index (χ1n) is 15.2. The van der Waals surface area contributed by atoms with E-state index in [4.69, 9.17) is 14.2 Å². The second kappa shape index (κ2) is 15.5. The molecule has 0 atom stereocenters. The van der Waals surface area contributed by atoms with Crippen molar-refractivity contribution in [1.82, 2.24) is 4.90 Å². The largest absolute Gasteiger partial charge is 0.492 e. The fourth-order valence-corrected chi connectivity index (χ4v) is 4.92. The Hall–Kier alpha value is -6.03. The number of carbonyl (C=O) groups excluding carboxylic acids is 4. The van der Waals surface area contributed by atoms with Crippen LogP contribution in [0, 0.1) is 0 Å². The molecular formula is C38H32FNO8. The van der Waals surface area contributed by atoms with Crippen LogP contribution in [0.4, 0.5) is 4.39 Å². The minimum absolute atomic E-state index is 0.00881. The number of ether oxygens (including phenoxy) is 4. The van der Waals surface area contributed by atoms with E-state index in [1.165, 1.54) is 12.2 Å². The lowest BCUT2D eigenvalue weighted by Crippen LogP contribution is -2.33. The van der Waals surface area contributed by atoms with E-state index in [0.29, 0.717) is 22.8 Å². The van der Waals surface area contributed by atoms with Crippen molar-refractivity contribution in [1.29, 1.82) is 0 Å². The van der Waals surface area contributed by atoms with E-state index in [1.54, 1.807) is 36.4 Å². The lowest BCUT2D eigenvalue weighted by atomic mass is 9.95. The molecule has 4 aromatic rings. The van der Waals surface area contributed by atoms with Gasteiger partial charge in [-0.15, -0.1) is 0 Å². The van der Waals surface area contributed by atoms with Gasteiger partial charge in [-0.2, -0.15) is 4.39 Å². The van der Waals surface area contributed by atoms with Crippen LogP contribution < -0.4 is 14.2 Å². The third kappa shape index (κ3) is 8.41. The van der Waals surface area contributed by atoms with Gasteiger partial charge in [0.15, 0.2) is 0 Å². The maximum Gasteiger partial charge on any atom is 0.366 e. The lowest BCUT2D eigenvalue weighted by Gasteiger charge is -2.16. The van der Waals surface area contributed by atoms with Gasteiger partial charge in [0.05, 0.1) is 12.1 Å². The minimum atomic E-state index is -1.18. The third-order valence-corrected chi connectivity index (χ3v) is 7.43. The monoisotopic (exact) mass is 649 g/mol. The summed E-state index contributed by atoms with van der Waals surface area (Å²) in [4.78, 5) is 48.3. The van der Waals surface area contributed by atoms with Crippen molar-refractivity contribution in [3.05, 3.63) is 127 Å². The van der Waals surface area contributed by atoms with Crippen LogP contribution in [0.5, 0.6) is 17.2 Å². The van der Waals surface area contributed by atoms with Gasteiger partial charge in [0, 0.05) is 12.2 Å². The predicted molar refractivity (Wildman–Crippen MR) is 176 cm³/mol. The summed E-state index contributed by atoms with van der Waals surface area (Å²) in [5.41, 5.74) is 5.51. The number of hydrogen-bond acceptors (Lipinski definition) is 8. The normalized spacial score (nSPS) is 12.2. The van der Waals surface area contributed by atoms with Gasteiger partial charge in [-0.3, -0.25) is 14.5 Å². The zero-order valence-corrected chi connectivity index (χ0v) is 26.1. The van der Waals surface area contributed by atoms with Crippen molar-refractivity contribution in [2.75, 3.05) is 26.4 Å². The number of amides is 2. The number of aryl methyl sites for hydroxylation is 1. The molecule has 2 amide bonds. The van der Waals surface area contributed by atoms with Crippen molar-refractivity contribution in [3.63, 3.8) is 0 Å². The van der Waals surface area contributed by atoms with Gasteiger partial charge in [-0.05, 0) is 82.8 Å². The third-order valence-electron chi connectivity index (χ3n) is 7.43. The molecule has 0 radical (unpaired) electrons. The molecule has 0 fully saturated rings. The van der Waals surface area contributed by atoms with Crippen molar-refractivity contribution in [2.24, 2.45) is 0 Å². The van der Waals surface area contributed by atoms with Crippen LogP contribution in [0.1, 0.15) is 22.8 Å². The summed E-state index contributed by atoms with van der Waals surface area (Å²) in [5, 5.41) is 0. The molecule has 0 saturated carbocycles. The molecular weight excluding hydrogens is 617 g/mol. The molecule has 0 saturated heterocycles. The highest BCUT2D eigenvalue weighted by atomic mass is 19.1. The summed E-state index contributed by atoms with van der Waals surface area (Å²) >= 11 is 0. The smallest absolute Gasteiger partial charge is 0.366 e. The molecule has 244 valence electrons. The molecule has 1 aliphatic heterocycles. The Labute approximate surface area is 276 Å². The molecule has 5 rings (SSSR count). The Balaban J connectivity index is 1.13. The summed E-state index contributed by atoms with van der Waals surface area (Å²) in [7, 11) is 0. The average molecular weight is 650 g/mol. The van der Waals surface area contributed by atoms with Crippen LogP contribution in [0.25, 0.3) is 22.3 Å². The molecule has 0 spiro atoms.